The lowest BCUT2D eigenvalue weighted by molar-refractivity contribution is -0.141. The molecule has 5 heteroatoms. The second-order valence-electron chi connectivity index (χ2n) is 9.02. The highest BCUT2D eigenvalue weighted by molar-refractivity contribution is 5.85. The Hall–Kier alpha value is -3.47. The SMILES string of the molecule is CNC(=O)C1(Cc2ccccc2-c2cccnc2)CCCN(C(=O)Cc2ccc(C)cc2)C1. The van der Waals surface area contributed by atoms with Crippen molar-refractivity contribution in [2.24, 2.45) is 5.41 Å². The third kappa shape index (κ3) is 5.14. The van der Waals surface area contributed by atoms with E-state index in [0.29, 0.717) is 25.9 Å². The number of benzene rings is 2. The van der Waals surface area contributed by atoms with E-state index < -0.39 is 5.41 Å². The number of aryl methyl sites for hydroxylation is 1. The van der Waals surface area contributed by atoms with Crippen molar-refractivity contribution < 1.29 is 9.59 Å². The lowest BCUT2D eigenvalue weighted by Crippen LogP contribution is -2.54. The van der Waals surface area contributed by atoms with E-state index in [9.17, 15) is 9.59 Å². The van der Waals surface area contributed by atoms with Crippen molar-refractivity contribution in [1.82, 2.24) is 15.2 Å². The third-order valence-corrected chi connectivity index (χ3v) is 6.63. The summed E-state index contributed by atoms with van der Waals surface area (Å²) in [6.45, 7) is 3.16. The van der Waals surface area contributed by atoms with E-state index in [1.165, 1.54) is 5.56 Å². The number of piperidine rings is 1. The first-order valence-corrected chi connectivity index (χ1v) is 11.5. The predicted molar refractivity (Wildman–Crippen MR) is 131 cm³/mol. The summed E-state index contributed by atoms with van der Waals surface area (Å²) in [5.74, 6) is 0.0729. The predicted octanol–water partition coefficient (Wildman–Crippen LogP) is 4.20. The fourth-order valence-electron chi connectivity index (χ4n) is 4.85. The molecule has 2 amide bonds. The number of nitrogens with one attached hydrogen (secondary N) is 1. The first-order chi connectivity index (χ1) is 16.0. The topological polar surface area (TPSA) is 62.3 Å². The van der Waals surface area contributed by atoms with Crippen LogP contribution in [0.5, 0.6) is 0 Å². The van der Waals surface area contributed by atoms with Gasteiger partial charge in [-0.25, -0.2) is 0 Å². The minimum atomic E-state index is -0.658. The Balaban J connectivity index is 1.60. The van der Waals surface area contributed by atoms with E-state index >= 15 is 0 Å². The zero-order valence-corrected chi connectivity index (χ0v) is 19.4. The molecule has 33 heavy (non-hydrogen) atoms. The number of carbonyl (C=O) groups is 2. The fraction of sp³-hybridized carbons (Fsp3) is 0.321. The maximum Gasteiger partial charge on any atom is 0.228 e. The first-order valence-electron chi connectivity index (χ1n) is 11.5. The monoisotopic (exact) mass is 441 g/mol. The molecule has 1 fully saturated rings. The molecule has 1 unspecified atom stereocenters. The molecular weight excluding hydrogens is 410 g/mol. The number of carbonyl (C=O) groups excluding carboxylic acids is 2. The van der Waals surface area contributed by atoms with Gasteiger partial charge in [-0.2, -0.15) is 0 Å². The standard InChI is InChI=1S/C28H31N3O2/c1-21-10-12-22(13-11-21)17-26(32)31-16-6-14-28(20-31,27(33)29-2)18-23-7-3-4-9-25(23)24-8-5-15-30-19-24/h3-5,7-13,15,19H,6,14,16-18,20H2,1-2H3,(H,29,33). The number of rotatable bonds is 6. The van der Waals surface area contributed by atoms with Gasteiger partial charge in [0.2, 0.25) is 11.8 Å². The van der Waals surface area contributed by atoms with Crippen LogP contribution in [0.25, 0.3) is 11.1 Å². The molecule has 1 N–H and O–H groups in total. The molecule has 1 atom stereocenters. The van der Waals surface area contributed by atoms with E-state index in [1.54, 1.807) is 13.2 Å². The van der Waals surface area contributed by atoms with Crippen LogP contribution in [0.1, 0.15) is 29.5 Å². The molecule has 4 rings (SSSR count). The summed E-state index contributed by atoms with van der Waals surface area (Å²) in [7, 11) is 1.68. The second kappa shape index (κ2) is 9.99. The van der Waals surface area contributed by atoms with E-state index in [1.807, 2.05) is 66.6 Å². The molecule has 5 nitrogen and oxygen atoms in total. The van der Waals surface area contributed by atoms with Crippen molar-refractivity contribution in [2.75, 3.05) is 20.1 Å². The van der Waals surface area contributed by atoms with Crippen LogP contribution in [0.3, 0.4) is 0 Å². The number of hydrogen-bond acceptors (Lipinski definition) is 3. The summed E-state index contributed by atoms with van der Waals surface area (Å²) in [5.41, 5.74) is 4.73. The Morgan fingerprint density at radius 2 is 1.85 bits per heavy atom. The van der Waals surface area contributed by atoms with Crippen molar-refractivity contribution in [3.63, 3.8) is 0 Å². The van der Waals surface area contributed by atoms with Crippen LogP contribution in [0.15, 0.2) is 73.1 Å². The molecule has 2 heterocycles. The van der Waals surface area contributed by atoms with E-state index in [4.69, 9.17) is 0 Å². The van der Waals surface area contributed by atoms with Gasteiger partial charge in [-0.3, -0.25) is 14.6 Å². The number of likely N-dealkylation sites (tertiary alicyclic amines) is 1. The molecule has 1 saturated heterocycles. The van der Waals surface area contributed by atoms with Crippen LogP contribution in [0, 0.1) is 12.3 Å². The number of pyridine rings is 1. The molecule has 0 saturated carbocycles. The summed E-state index contributed by atoms with van der Waals surface area (Å²) in [5, 5.41) is 2.88. The molecule has 170 valence electrons. The summed E-state index contributed by atoms with van der Waals surface area (Å²) < 4.78 is 0. The normalized spacial score (nSPS) is 18.1. The first kappa shape index (κ1) is 22.7. The number of amides is 2. The second-order valence-corrected chi connectivity index (χ2v) is 9.02. The minimum Gasteiger partial charge on any atom is -0.359 e. The van der Waals surface area contributed by atoms with Crippen molar-refractivity contribution in [3.05, 3.63) is 89.7 Å². The maximum absolute atomic E-state index is 13.2. The smallest absolute Gasteiger partial charge is 0.228 e. The molecule has 0 aliphatic carbocycles. The van der Waals surface area contributed by atoms with Crippen LogP contribution in [0.4, 0.5) is 0 Å². The van der Waals surface area contributed by atoms with Gasteiger partial charge >= 0.3 is 0 Å². The highest BCUT2D eigenvalue weighted by Gasteiger charge is 2.43. The molecule has 0 radical (unpaired) electrons. The maximum atomic E-state index is 13.2. The van der Waals surface area contributed by atoms with Crippen LogP contribution < -0.4 is 5.32 Å². The quantitative estimate of drug-likeness (QED) is 0.624. The molecular formula is C28H31N3O2. The average molecular weight is 442 g/mol. The molecule has 1 aliphatic rings. The van der Waals surface area contributed by atoms with E-state index in [0.717, 1.165) is 35.1 Å². The zero-order valence-electron chi connectivity index (χ0n) is 19.4. The third-order valence-electron chi connectivity index (χ3n) is 6.63. The number of nitrogens with zero attached hydrogens (tertiary/aromatic N) is 2. The highest BCUT2D eigenvalue weighted by Crippen LogP contribution is 2.37. The van der Waals surface area contributed by atoms with Crippen molar-refractivity contribution in [2.45, 2.75) is 32.6 Å². The highest BCUT2D eigenvalue weighted by atomic mass is 16.2. The Kier molecular flexibility index (Phi) is 6.87. The lowest BCUT2D eigenvalue weighted by Gasteiger charge is -2.42. The molecule has 1 aliphatic heterocycles. The Labute approximate surface area is 195 Å². The van der Waals surface area contributed by atoms with Crippen LogP contribution in [-0.2, 0) is 22.4 Å². The van der Waals surface area contributed by atoms with Crippen molar-refractivity contribution >= 4 is 11.8 Å². The van der Waals surface area contributed by atoms with Crippen LogP contribution in [-0.4, -0.2) is 41.8 Å². The van der Waals surface area contributed by atoms with Crippen molar-refractivity contribution in [3.8, 4) is 11.1 Å². The van der Waals surface area contributed by atoms with Gasteiger partial charge in [-0.05, 0) is 48.9 Å². The van der Waals surface area contributed by atoms with Gasteiger partial charge in [-0.1, -0.05) is 60.2 Å². The zero-order chi connectivity index (χ0) is 23.3. The summed E-state index contributed by atoms with van der Waals surface area (Å²) in [4.78, 5) is 32.6. The lowest BCUT2D eigenvalue weighted by atomic mass is 9.73. The van der Waals surface area contributed by atoms with Gasteiger partial charge in [0.1, 0.15) is 0 Å². The number of hydrogen-bond donors (Lipinski definition) is 1. The van der Waals surface area contributed by atoms with Crippen LogP contribution >= 0.6 is 0 Å². The molecule has 0 bridgehead atoms. The van der Waals surface area contributed by atoms with Gasteiger partial charge in [0.05, 0.1) is 11.8 Å². The van der Waals surface area contributed by atoms with Gasteiger partial charge in [0, 0.05) is 38.1 Å². The molecule has 2 aromatic carbocycles. The van der Waals surface area contributed by atoms with Gasteiger partial charge in [0.15, 0.2) is 0 Å². The number of aromatic nitrogens is 1. The summed E-state index contributed by atoms with van der Waals surface area (Å²) >= 11 is 0. The minimum absolute atomic E-state index is 0.00340. The molecule has 1 aromatic heterocycles. The average Bonchev–Trinajstić information content (AvgIpc) is 2.86. The largest absolute Gasteiger partial charge is 0.359 e. The van der Waals surface area contributed by atoms with Gasteiger partial charge in [-0.15, -0.1) is 0 Å². The van der Waals surface area contributed by atoms with E-state index in [2.05, 4.69) is 22.4 Å². The Morgan fingerprint density at radius 1 is 1.06 bits per heavy atom. The summed E-state index contributed by atoms with van der Waals surface area (Å²) in [6, 6.07) is 20.2. The van der Waals surface area contributed by atoms with Gasteiger partial charge < -0.3 is 10.2 Å². The fourth-order valence-corrected chi connectivity index (χ4v) is 4.85. The molecule has 0 spiro atoms. The van der Waals surface area contributed by atoms with Crippen LogP contribution in [0.2, 0.25) is 0 Å². The molecule has 3 aromatic rings. The van der Waals surface area contributed by atoms with Crippen molar-refractivity contribution in [1.29, 1.82) is 0 Å². The van der Waals surface area contributed by atoms with E-state index in [-0.39, 0.29) is 11.8 Å². The summed E-state index contributed by atoms with van der Waals surface area (Å²) in [6.07, 6.45) is 6.10. The Bertz CT molecular complexity index is 1110. The van der Waals surface area contributed by atoms with Gasteiger partial charge in [0.25, 0.3) is 0 Å². The Morgan fingerprint density at radius 3 is 2.58 bits per heavy atom.